The Morgan fingerprint density at radius 3 is 2.53 bits per heavy atom. The van der Waals surface area contributed by atoms with Crippen LogP contribution in [0, 0.1) is 0 Å². The molecule has 0 saturated heterocycles. The molecule has 2 rings (SSSR count). The number of nitrogens with zero attached hydrogens (tertiary/aromatic N) is 1. The van der Waals surface area contributed by atoms with Crippen molar-refractivity contribution in [3.05, 3.63) is 30.2 Å². The molecule has 80 valence electrons. The van der Waals surface area contributed by atoms with Crippen molar-refractivity contribution in [3.8, 4) is 0 Å². The first-order valence-electron chi connectivity index (χ1n) is 4.09. The predicted molar refractivity (Wildman–Crippen MR) is 45.0 cm³/mol. The van der Waals surface area contributed by atoms with Gasteiger partial charge in [-0.05, 0) is 12.1 Å². The van der Waals surface area contributed by atoms with Crippen LogP contribution in [0.4, 0.5) is 13.2 Å². The normalized spacial score (nSPS) is 14.4. The standard InChI is InChI=1S/C9H6F3NO2/c10-9(11,12)7(14)8-13-5-3-1-2-4-6(5)15-8/h1-4,7,14H/t7-/m1/s1. The van der Waals surface area contributed by atoms with Crippen LogP contribution in [0.3, 0.4) is 0 Å². The highest BCUT2D eigenvalue weighted by molar-refractivity contribution is 5.72. The summed E-state index contributed by atoms with van der Waals surface area (Å²) < 4.78 is 41.1. The number of alkyl halides is 3. The van der Waals surface area contributed by atoms with Crippen molar-refractivity contribution in [1.82, 2.24) is 4.98 Å². The fourth-order valence-electron chi connectivity index (χ4n) is 1.15. The zero-order valence-corrected chi connectivity index (χ0v) is 7.32. The second-order valence-electron chi connectivity index (χ2n) is 2.96. The molecule has 1 aromatic carbocycles. The summed E-state index contributed by atoms with van der Waals surface area (Å²) in [5, 5.41) is 8.88. The number of halogens is 3. The highest BCUT2D eigenvalue weighted by Crippen LogP contribution is 2.33. The number of fused-ring (bicyclic) bond motifs is 1. The number of hydrogen-bond acceptors (Lipinski definition) is 3. The molecule has 0 fully saturated rings. The van der Waals surface area contributed by atoms with Crippen LogP contribution in [0.25, 0.3) is 11.1 Å². The van der Waals surface area contributed by atoms with E-state index in [2.05, 4.69) is 4.98 Å². The molecule has 0 amide bonds. The van der Waals surface area contributed by atoms with E-state index in [1.165, 1.54) is 12.1 Å². The van der Waals surface area contributed by atoms with Gasteiger partial charge in [0.2, 0.25) is 12.0 Å². The number of para-hydroxylation sites is 2. The summed E-state index contributed by atoms with van der Waals surface area (Å²) in [5.41, 5.74) is 0.506. The van der Waals surface area contributed by atoms with Crippen molar-refractivity contribution in [2.75, 3.05) is 0 Å². The van der Waals surface area contributed by atoms with Crippen LogP contribution < -0.4 is 0 Å². The molecular weight excluding hydrogens is 211 g/mol. The first kappa shape index (κ1) is 9.97. The maximum atomic E-state index is 12.1. The summed E-state index contributed by atoms with van der Waals surface area (Å²) in [6.45, 7) is 0. The molecule has 15 heavy (non-hydrogen) atoms. The van der Waals surface area contributed by atoms with E-state index in [1.54, 1.807) is 12.1 Å². The van der Waals surface area contributed by atoms with Crippen LogP contribution in [0.1, 0.15) is 12.0 Å². The molecule has 0 saturated carbocycles. The van der Waals surface area contributed by atoms with Crippen molar-refractivity contribution in [3.63, 3.8) is 0 Å². The van der Waals surface area contributed by atoms with E-state index in [9.17, 15) is 13.2 Å². The molecule has 0 bridgehead atoms. The average Bonchev–Trinajstić information content (AvgIpc) is 2.58. The van der Waals surface area contributed by atoms with Crippen LogP contribution in [-0.4, -0.2) is 16.3 Å². The van der Waals surface area contributed by atoms with Crippen LogP contribution in [0.5, 0.6) is 0 Å². The minimum absolute atomic E-state index is 0.218. The Balaban J connectivity index is 2.45. The molecule has 6 heteroatoms. The molecule has 0 unspecified atom stereocenters. The van der Waals surface area contributed by atoms with Crippen molar-refractivity contribution in [2.24, 2.45) is 0 Å². The van der Waals surface area contributed by atoms with E-state index >= 15 is 0 Å². The Labute approximate surface area is 82.1 Å². The van der Waals surface area contributed by atoms with Gasteiger partial charge in [0.05, 0.1) is 0 Å². The second-order valence-corrected chi connectivity index (χ2v) is 2.96. The van der Waals surface area contributed by atoms with Crippen molar-refractivity contribution in [2.45, 2.75) is 12.3 Å². The Bertz CT molecular complexity index is 444. The summed E-state index contributed by atoms with van der Waals surface area (Å²) in [4.78, 5) is 3.54. The summed E-state index contributed by atoms with van der Waals surface area (Å²) >= 11 is 0. The molecule has 0 aliphatic carbocycles. The molecule has 0 aliphatic rings. The van der Waals surface area contributed by atoms with E-state index in [0.717, 1.165) is 0 Å². The van der Waals surface area contributed by atoms with Gasteiger partial charge in [0, 0.05) is 0 Å². The largest absolute Gasteiger partial charge is 0.437 e. The molecular formula is C9H6F3NO2. The lowest BCUT2D eigenvalue weighted by Crippen LogP contribution is -2.20. The third-order valence-corrected chi connectivity index (χ3v) is 1.85. The van der Waals surface area contributed by atoms with Gasteiger partial charge in [0.25, 0.3) is 0 Å². The number of aromatic nitrogens is 1. The molecule has 1 N–H and O–H groups in total. The third-order valence-electron chi connectivity index (χ3n) is 1.85. The minimum atomic E-state index is -4.76. The summed E-state index contributed by atoms with van der Waals surface area (Å²) in [5.74, 6) is -0.733. The number of hydrogen-bond donors (Lipinski definition) is 1. The maximum absolute atomic E-state index is 12.1. The highest BCUT2D eigenvalue weighted by Gasteiger charge is 2.42. The smallest absolute Gasteiger partial charge is 0.423 e. The van der Waals surface area contributed by atoms with E-state index in [4.69, 9.17) is 9.52 Å². The Morgan fingerprint density at radius 2 is 1.93 bits per heavy atom. The van der Waals surface area contributed by atoms with Gasteiger partial charge in [-0.25, -0.2) is 4.98 Å². The van der Waals surface area contributed by atoms with Gasteiger partial charge in [-0.3, -0.25) is 0 Å². The number of aliphatic hydroxyl groups is 1. The Kier molecular flexibility index (Phi) is 2.15. The van der Waals surface area contributed by atoms with Crippen LogP contribution >= 0.6 is 0 Å². The number of aliphatic hydroxyl groups excluding tert-OH is 1. The highest BCUT2D eigenvalue weighted by atomic mass is 19.4. The lowest BCUT2D eigenvalue weighted by Gasteiger charge is -2.09. The summed E-state index contributed by atoms with van der Waals surface area (Å²) in [6, 6.07) is 6.21. The SMILES string of the molecule is O[C@H](c1nc2ccccc2o1)C(F)(F)F. The first-order valence-corrected chi connectivity index (χ1v) is 4.09. The number of oxazole rings is 1. The number of rotatable bonds is 1. The summed E-state index contributed by atoms with van der Waals surface area (Å²) in [6.07, 6.45) is -7.44. The predicted octanol–water partition coefficient (Wildman–Crippen LogP) is 2.42. The molecule has 0 spiro atoms. The fourth-order valence-corrected chi connectivity index (χ4v) is 1.15. The van der Waals surface area contributed by atoms with Gasteiger partial charge >= 0.3 is 6.18 Å². The molecule has 1 aromatic heterocycles. The molecule has 1 heterocycles. The van der Waals surface area contributed by atoms with Gasteiger partial charge in [-0.2, -0.15) is 13.2 Å². The van der Waals surface area contributed by atoms with E-state index < -0.39 is 18.2 Å². The lowest BCUT2D eigenvalue weighted by molar-refractivity contribution is -0.212. The zero-order chi connectivity index (χ0) is 11.1. The Morgan fingerprint density at radius 1 is 1.27 bits per heavy atom. The third kappa shape index (κ3) is 1.80. The Hall–Kier alpha value is -1.56. The maximum Gasteiger partial charge on any atom is 0.423 e. The van der Waals surface area contributed by atoms with E-state index in [0.29, 0.717) is 0 Å². The van der Waals surface area contributed by atoms with E-state index in [1.807, 2.05) is 0 Å². The van der Waals surface area contributed by atoms with Gasteiger partial charge < -0.3 is 9.52 Å². The first-order chi connectivity index (χ1) is 6.98. The second kappa shape index (κ2) is 3.23. The van der Waals surface area contributed by atoms with Gasteiger partial charge in [0.1, 0.15) is 5.52 Å². The van der Waals surface area contributed by atoms with Crippen molar-refractivity contribution >= 4 is 11.1 Å². The minimum Gasteiger partial charge on any atom is -0.437 e. The van der Waals surface area contributed by atoms with Gasteiger partial charge in [-0.1, -0.05) is 12.1 Å². The van der Waals surface area contributed by atoms with Gasteiger partial charge in [0.15, 0.2) is 5.58 Å². The molecule has 3 nitrogen and oxygen atoms in total. The van der Waals surface area contributed by atoms with Crippen molar-refractivity contribution in [1.29, 1.82) is 0 Å². The average molecular weight is 217 g/mol. The van der Waals surface area contributed by atoms with Gasteiger partial charge in [-0.15, -0.1) is 0 Å². The van der Waals surface area contributed by atoms with E-state index in [-0.39, 0.29) is 11.1 Å². The number of benzene rings is 1. The zero-order valence-electron chi connectivity index (χ0n) is 7.32. The van der Waals surface area contributed by atoms with Crippen LogP contribution in [0.2, 0.25) is 0 Å². The molecule has 1 atom stereocenters. The van der Waals surface area contributed by atoms with Crippen LogP contribution in [-0.2, 0) is 0 Å². The lowest BCUT2D eigenvalue weighted by atomic mass is 10.3. The molecule has 0 aliphatic heterocycles. The quantitative estimate of drug-likeness (QED) is 0.797. The van der Waals surface area contributed by atoms with Crippen molar-refractivity contribution < 1.29 is 22.7 Å². The molecule has 0 radical (unpaired) electrons. The monoisotopic (exact) mass is 217 g/mol. The summed E-state index contributed by atoms with van der Waals surface area (Å²) in [7, 11) is 0. The van der Waals surface area contributed by atoms with Crippen LogP contribution in [0.15, 0.2) is 28.7 Å². The molecule has 2 aromatic rings. The topological polar surface area (TPSA) is 46.3 Å². The fraction of sp³-hybridized carbons (Fsp3) is 0.222.